The third-order valence-corrected chi connectivity index (χ3v) is 3.56. The van der Waals surface area contributed by atoms with Crippen LogP contribution in [-0.2, 0) is 0 Å². The number of H-pyrrole nitrogens is 1. The van der Waals surface area contributed by atoms with Gasteiger partial charge in [-0.05, 0) is 45.8 Å². The van der Waals surface area contributed by atoms with Crippen LogP contribution in [0.2, 0.25) is 0 Å². The predicted octanol–water partition coefficient (Wildman–Crippen LogP) is 2.95. The molecule has 2 N–H and O–H groups in total. The molecule has 0 bridgehead atoms. The zero-order valence-electron chi connectivity index (χ0n) is 10.7. The average Bonchev–Trinajstić information content (AvgIpc) is 2.76. The first-order chi connectivity index (χ1) is 9.41. The number of amides is 1. The van der Waals surface area contributed by atoms with E-state index in [0.29, 0.717) is 5.69 Å². The van der Waals surface area contributed by atoms with Crippen LogP contribution in [0, 0.1) is 24.0 Å². The summed E-state index contributed by atoms with van der Waals surface area (Å²) in [6, 6.07) is 5.62. The van der Waals surface area contributed by atoms with Crippen molar-refractivity contribution in [2.45, 2.75) is 13.8 Å². The topological polar surface area (TPSA) is 101 Å². The van der Waals surface area contributed by atoms with Crippen molar-refractivity contribution in [1.29, 1.82) is 0 Å². The summed E-state index contributed by atoms with van der Waals surface area (Å²) >= 11 is 3.01. The van der Waals surface area contributed by atoms with Gasteiger partial charge in [-0.2, -0.15) is 0 Å². The van der Waals surface area contributed by atoms with E-state index in [-0.39, 0.29) is 16.0 Å². The van der Waals surface area contributed by atoms with Crippen LogP contribution < -0.4 is 5.32 Å². The first-order valence-electron chi connectivity index (χ1n) is 5.67. The number of benzene rings is 1. The van der Waals surface area contributed by atoms with Gasteiger partial charge in [0.1, 0.15) is 4.47 Å². The number of anilines is 1. The van der Waals surface area contributed by atoms with Crippen LogP contribution in [-0.4, -0.2) is 21.0 Å². The Hall–Kier alpha value is -2.22. The molecule has 0 spiro atoms. The fourth-order valence-electron chi connectivity index (χ4n) is 1.77. The zero-order chi connectivity index (χ0) is 14.9. The minimum Gasteiger partial charge on any atom is -0.358 e. The molecule has 1 aromatic heterocycles. The average molecular weight is 339 g/mol. The zero-order valence-corrected chi connectivity index (χ0v) is 12.3. The van der Waals surface area contributed by atoms with Crippen molar-refractivity contribution in [3.8, 4) is 0 Å². The van der Waals surface area contributed by atoms with Crippen LogP contribution in [0.15, 0.2) is 22.7 Å². The number of rotatable bonds is 3. The van der Waals surface area contributed by atoms with Crippen LogP contribution in [0.1, 0.15) is 21.6 Å². The van der Waals surface area contributed by atoms with Crippen molar-refractivity contribution in [2.24, 2.45) is 0 Å². The fourth-order valence-corrected chi connectivity index (χ4v) is 2.28. The lowest BCUT2D eigenvalue weighted by Gasteiger charge is -2.10. The van der Waals surface area contributed by atoms with Crippen molar-refractivity contribution in [2.75, 3.05) is 5.32 Å². The van der Waals surface area contributed by atoms with E-state index >= 15 is 0 Å². The van der Waals surface area contributed by atoms with Crippen molar-refractivity contribution in [3.05, 3.63) is 49.6 Å². The standard InChI is InChI=1S/C12H11BrN4O3/c1-6-4-3-5-7(2)9(6)14-12(18)10-8(13)11(16-15-10)17(19)20/h3-5H,1-2H3,(H,14,18)(H,15,16). The largest absolute Gasteiger partial charge is 0.358 e. The number of aromatic nitrogens is 2. The second kappa shape index (κ2) is 5.41. The molecule has 0 radical (unpaired) electrons. The lowest BCUT2D eigenvalue weighted by Crippen LogP contribution is -2.14. The SMILES string of the molecule is Cc1cccc(C)c1NC(=O)c1n[nH]c([N+](=O)[O-])c1Br. The summed E-state index contributed by atoms with van der Waals surface area (Å²) in [5, 5.41) is 19.3. The molecule has 104 valence electrons. The molecule has 1 amide bonds. The van der Waals surface area contributed by atoms with Gasteiger partial charge in [-0.1, -0.05) is 23.3 Å². The number of nitro groups is 1. The summed E-state index contributed by atoms with van der Waals surface area (Å²) in [5.41, 5.74) is 2.42. The molecule has 0 fully saturated rings. The van der Waals surface area contributed by atoms with E-state index in [0.717, 1.165) is 11.1 Å². The molecule has 2 aromatic rings. The highest BCUT2D eigenvalue weighted by atomic mass is 79.9. The van der Waals surface area contributed by atoms with E-state index in [9.17, 15) is 14.9 Å². The van der Waals surface area contributed by atoms with E-state index < -0.39 is 10.8 Å². The fraction of sp³-hybridized carbons (Fsp3) is 0.167. The normalized spacial score (nSPS) is 10.3. The second-order valence-electron chi connectivity index (χ2n) is 4.21. The van der Waals surface area contributed by atoms with Gasteiger partial charge in [0, 0.05) is 5.69 Å². The quantitative estimate of drug-likeness (QED) is 0.663. The summed E-state index contributed by atoms with van der Waals surface area (Å²) in [6.07, 6.45) is 0. The Kier molecular flexibility index (Phi) is 3.84. The number of aryl methyl sites for hydroxylation is 2. The van der Waals surface area contributed by atoms with E-state index in [1.807, 2.05) is 32.0 Å². The molecule has 2 rings (SSSR count). The number of halogens is 1. The molecule has 0 unspecified atom stereocenters. The highest BCUT2D eigenvalue weighted by Gasteiger charge is 2.25. The number of hydrogen-bond donors (Lipinski definition) is 2. The first-order valence-corrected chi connectivity index (χ1v) is 6.47. The Morgan fingerprint density at radius 2 is 2.00 bits per heavy atom. The summed E-state index contributed by atoms with van der Waals surface area (Å²) in [5.74, 6) is -0.865. The van der Waals surface area contributed by atoms with Crippen LogP contribution >= 0.6 is 15.9 Å². The molecule has 7 nitrogen and oxygen atoms in total. The summed E-state index contributed by atoms with van der Waals surface area (Å²) in [6.45, 7) is 3.73. The molecule has 1 aromatic carbocycles. The molecule has 20 heavy (non-hydrogen) atoms. The highest BCUT2D eigenvalue weighted by molar-refractivity contribution is 9.10. The van der Waals surface area contributed by atoms with Crippen molar-refractivity contribution < 1.29 is 9.72 Å². The Labute approximate surface area is 122 Å². The van der Waals surface area contributed by atoms with Gasteiger partial charge in [0.05, 0.1) is 0 Å². The molecule has 8 heteroatoms. The Morgan fingerprint density at radius 1 is 1.40 bits per heavy atom. The van der Waals surface area contributed by atoms with E-state index in [2.05, 4.69) is 31.4 Å². The monoisotopic (exact) mass is 338 g/mol. The summed E-state index contributed by atoms with van der Waals surface area (Å²) in [7, 11) is 0. The minimum atomic E-state index is -0.646. The molecule has 0 aliphatic carbocycles. The molecule has 0 atom stereocenters. The number of para-hydroxylation sites is 1. The Morgan fingerprint density at radius 3 is 2.50 bits per heavy atom. The van der Waals surface area contributed by atoms with Gasteiger partial charge in [-0.25, -0.2) is 0 Å². The maximum atomic E-state index is 12.1. The number of carbonyl (C=O) groups is 1. The third-order valence-electron chi connectivity index (χ3n) is 2.81. The van der Waals surface area contributed by atoms with Crippen LogP contribution in [0.4, 0.5) is 11.5 Å². The van der Waals surface area contributed by atoms with Gasteiger partial charge in [0.25, 0.3) is 5.91 Å². The number of carbonyl (C=O) groups excluding carboxylic acids is 1. The second-order valence-corrected chi connectivity index (χ2v) is 5.01. The van der Waals surface area contributed by atoms with Crippen LogP contribution in [0.3, 0.4) is 0 Å². The minimum absolute atomic E-state index is 0.0336. The molecule has 0 saturated heterocycles. The van der Waals surface area contributed by atoms with Gasteiger partial charge < -0.3 is 15.4 Å². The molecule has 0 saturated carbocycles. The maximum absolute atomic E-state index is 12.1. The molecule has 0 aliphatic rings. The van der Waals surface area contributed by atoms with Crippen molar-refractivity contribution >= 4 is 33.3 Å². The predicted molar refractivity (Wildman–Crippen MR) is 76.8 cm³/mol. The molecule has 0 aliphatic heterocycles. The van der Waals surface area contributed by atoms with Gasteiger partial charge in [0.2, 0.25) is 0 Å². The van der Waals surface area contributed by atoms with Crippen molar-refractivity contribution in [3.63, 3.8) is 0 Å². The smallest absolute Gasteiger partial charge is 0.357 e. The first kappa shape index (κ1) is 14.2. The Bertz CT molecular complexity index is 676. The highest BCUT2D eigenvalue weighted by Crippen LogP contribution is 2.27. The number of hydrogen-bond acceptors (Lipinski definition) is 4. The van der Waals surface area contributed by atoms with Gasteiger partial charge in [-0.3, -0.25) is 4.79 Å². The van der Waals surface area contributed by atoms with Gasteiger partial charge in [-0.15, -0.1) is 5.10 Å². The van der Waals surface area contributed by atoms with Crippen LogP contribution in [0.25, 0.3) is 0 Å². The molecular weight excluding hydrogens is 328 g/mol. The lowest BCUT2D eigenvalue weighted by atomic mass is 10.1. The van der Waals surface area contributed by atoms with E-state index in [1.54, 1.807) is 0 Å². The van der Waals surface area contributed by atoms with Gasteiger partial charge >= 0.3 is 5.82 Å². The number of nitrogens with zero attached hydrogens (tertiary/aromatic N) is 2. The maximum Gasteiger partial charge on any atom is 0.357 e. The number of nitrogens with one attached hydrogen (secondary N) is 2. The summed E-state index contributed by atoms with van der Waals surface area (Å²) < 4.78 is 0.0336. The lowest BCUT2D eigenvalue weighted by molar-refractivity contribution is -0.390. The Balaban J connectivity index is 2.32. The molecule has 1 heterocycles. The van der Waals surface area contributed by atoms with E-state index in [1.165, 1.54) is 0 Å². The number of aromatic amines is 1. The summed E-state index contributed by atoms with van der Waals surface area (Å²) in [4.78, 5) is 22.2. The molecular formula is C12H11BrN4O3. The van der Waals surface area contributed by atoms with E-state index in [4.69, 9.17) is 0 Å². The third kappa shape index (κ3) is 2.55. The van der Waals surface area contributed by atoms with Gasteiger partial charge in [0.15, 0.2) is 5.69 Å². The van der Waals surface area contributed by atoms with Crippen LogP contribution in [0.5, 0.6) is 0 Å². The van der Waals surface area contributed by atoms with Crippen molar-refractivity contribution in [1.82, 2.24) is 10.2 Å².